The molecular formula is C54H76O18S2. The van der Waals surface area contributed by atoms with Gasteiger partial charge in [0.15, 0.2) is 16.3 Å². The quantitative estimate of drug-likeness (QED) is 0.194. The van der Waals surface area contributed by atoms with Crippen LogP contribution < -0.4 is 0 Å². The van der Waals surface area contributed by atoms with Crippen molar-refractivity contribution in [3.63, 3.8) is 0 Å². The van der Waals surface area contributed by atoms with Gasteiger partial charge in [-0.2, -0.15) is 0 Å². The topological polar surface area (TPSA) is 229 Å². The maximum absolute atomic E-state index is 11.2. The van der Waals surface area contributed by atoms with E-state index in [-0.39, 0.29) is 78.2 Å². The second kappa shape index (κ2) is 26.8. The second-order valence-corrected chi connectivity index (χ2v) is 24.4. The highest BCUT2D eigenvalue weighted by atomic mass is 32.2. The van der Waals surface area contributed by atoms with Crippen LogP contribution in [0.25, 0.3) is 0 Å². The zero-order valence-electron chi connectivity index (χ0n) is 42.6. The third kappa shape index (κ3) is 14.2. The number of rotatable bonds is 0. The summed E-state index contributed by atoms with van der Waals surface area (Å²) < 4.78 is 49.6. The largest absolute Gasteiger partial charge is 0.465 e. The van der Waals surface area contributed by atoms with E-state index >= 15 is 0 Å². The van der Waals surface area contributed by atoms with Crippen LogP contribution in [-0.4, -0.2) is 142 Å². The number of hydrogen-bond donors (Lipinski definition) is 0. The van der Waals surface area contributed by atoms with Crippen molar-refractivity contribution in [1.29, 1.82) is 0 Å². The average Bonchev–Trinajstić information content (AvgIpc) is 4.20. The Morgan fingerprint density at radius 1 is 0.351 bits per heavy atom. The van der Waals surface area contributed by atoms with E-state index in [1.165, 1.54) is 77.0 Å². The van der Waals surface area contributed by atoms with E-state index in [9.17, 15) is 38.4 Å². The van der Waals surface area contributed by atoms with Crippen molar-refractivity contribution in [1.82, 2.24) is 0 Å². The van der Waals surface area contributed by atoms with Crippen molar-refractivity contribution in [2.24, 2.45) is 71.0 Å². The monoisotopic (exact) mass is 1080 g/mol. The van der Waals surface area contributed by atoms with Gasteiger partial charge >= 0.3 is 35.8 Å². The Kier molecular flexibility index (Phi) is 20.1. The van der Waals surface area contributed by atoms with Crippen LogP contribution in [0.5, 0.6) is 0 Å². The number of esters is 6. The van der Waals surface area contributed by atoms with Gasteiger partial charge in [0.1, 0.15) is 18.8 Å². The molecule has 12 aliphatic heterocycles. The Morgan fingerprint density at radius 3 is 1.49 bits per heavy atom. The molecule has 4 saturated carbocycles. The minimum absolute atomic E-state index is 0.0532. The van der Waals surface area contributed by atoms with Crippen LogP contribution in [0, 0.1) is 71.0 Å². The molecule has 16 rings (SSSR count). The lowest BCUT2D eigenvalue weighted by Gasteiger charge is -2.21. The first-order chi connectivity index (χ1) is 36.0. The molecule has 0 radical (unpaired) electrons. The number of cyclic esters (lactones) is 4. The minimum atomic E-state index is -0.218. The summed E-state index contributed by atoms with van der Waals surface area (Å²) in [5, 5.41) is 0.946. The molecule has 0 aromatic rings. The number of carbonyl (C=O) groups excluding carboxylic acids is 8. The fraction of sp³-hybridized carbons (Fsp3) is 0.852. The molecule has 412 valence electrons. The number of fused-ring (bicyclic) bond motifs is 8. The Morgan fingerprint density at radius 2 is 0.851 bits per heavy atom. The van der Waals surface area contributed by atoms with Gasteiger partial charge in [-0.1, -0.05) is 62.0 Å². The van der Waals surface area contributed by atoms with E-state index in [2.05, 4.69) is 0 Å². The molecule has 12 heterocycles. The highest BCUT2D eigenvalue weighted by Gasteiger charge is 2.45. The number of carbonyl (C=O) groups is 8. The van der Waals surface area contributed by atoms with Crippen LogP contribution in [0.2, 0.25) is 0 Å². The van der Waals surface area contributed by atoms with Gasteiger partial charge in [-0.15, -0.1) is 0 Å². The molecule has 20 heteroatoms. The van der Waals surface area contributed by atoms with Gasteiger partial charge in [0.2, 0.25) is 6.29 Å². The van der Waals surface area contributed by atoms with Crippen LogP contribution >= 0.6 is 23.5 Å². The summed E-state index contributed by atoms with van der Waals surface area (Å²) in [5.41, 5.74) is 0. The second-order valence-electron chi connectivity index (χ2n) is 22.3. The summed E-state index contributed by atoms with van der Waals surface area (Å²) in [6.07, 6.45) is 20.9. The van der Waals surface area contributed by atoms with Crippen LogP contribution in [0.1, 0.15) is 122 Å². The Labute approximate surface area is 442 Å². The first-order valence-electron chi connectivity index (χ1n) is 27.8. The number of ether oxygens (including phenoxy) is 10. The lowest BCUT2D eigenvalue weighted by Crippen LogP contribution is -2.19. The number of thioether (sulfide) groups is 2. The van der Waals surface area contributed by atoms with Crippen LogP contribution in [0.15, 0.2) is 0 Å². The standard InChI is InChI=1S/C8H12O2.C8H12OS.C7H10O2.C7H10OS.4C6H8O3/c2*9-8-7-4-2-1-3-6(7)5-10-8;2*8-7-6-3-1-2-5(6)4-9-7;7-6-1-4-2-8-3-5(4)9-6;7-6-4-1-2-8-5(4)3-9-6;7-6-5-4(3-9-6)1-2-8-5;7-5-3-4-1-2-8-6(4)9-5/h2*6-7H,1-5H2;2*5-6H,1-4H2;3*4-5H,1-3H2;4,6H,1-3H2. The molecule has 16 fully saturated rings. The smallest absolute Gasteiger partial charge is 0.335 e. The van der Waals surface area contributed by atoms with Gasteiger partial charge in [0.05, 0.1) is 70.2 Å². The predicted molar refractivity (Wildman–Crippen MR) is 264 cm³/mol. The molecule has 0 bridgehead atoms. The van der Waals surface area contributed by atoms with Gasteiger partial charge in [-0.05, 0) is 82.5 Å². The molecule has 0 N–H and O–H groups in total. The first-order valence-corrected chi connectivity index (χ1v) is 29.8. The fourth-order valence-corrected chi connectivity index (χ4v) is 15.7. The van der Waals surface area contributed by atoms with E-state index in [1.807, 2.05) is 0 Å². The summed E-state index contributed by atoms with van der Waals surface area (Å²) in [5.74, 6) is 7.22. The first kappa shape index (κ1) is 55.5. The molecule has 0 spiro atoms. The maximum atomic E-state index is 11.2. The predicted octanol–water partition coefficient (Wildman–Crippen LogP) is 6.19. The normalized spacial score (nSPS) is 40.4. The van der Waals surface area contributed by atoms with E-state index in [1.54, 1.807) is 23.5 Å². The van der Waals surface area contributed by atoms with Crippen molar-refractivity contribution >= 4 is 69.6 Å². The van der Waals surface area contributed by atoms with Crippen molar-refractivity contribution in [2.75, 3.05) is 71.0 Å². The Bertz CT molecular complexity index is 1770. The molecule has 16 unspecified atom stereocenters. The Hall–Kier alpha value is -3.30. The van der Waals surface area contributed by atoms with Crippen molar-refractivity contribution in [3.05, 3.63) is 0 Å². The lowest BCUT2D eigenvalue weighted by atomic mass is 9.81. The van der Waals surface area contributed by atoms with Crippen molar-refractivity contribution in [3.8, 4) is 0 Å². The summed E-state index contributed by atoms with van der Waals surface area (Å²) in [7, 11) is 0. The SMILES string of the molecule is O=C1CC2CCOC2O1.O=C1CC2COCC2O1.O=C1OCC2CCCC12.O=C1OCC2CCCCC12.O=C1OCC2CCOC12.O=C1OCC2OCCC12.O=C1SCC2CCCC12.O=C1SCC2CCCCC12. The van der Waals surface area contributed by atoms with Crippen LogP contribution in [0.3, 0.4) is 0 Å². The molecule has 0 aromatic heterocycles. The summed E-state index contributed by atoms with van der Waals surface area (Å²) in [6.45, 7) is 5.96. The molecule has 0 amide bonds. The van der Waals surface area contributed by atoms with Gasteiger partial charge in [-0.25, -0.2) is 4.79 Å². The van der Waals surface area contributed by atoms with Gasteiger partial charge < -0.3 is 47.4 Å². The minimum Gasteiger partial charge on any atom is -0.465 e. The maximum Gasteiger partial charge on any atom is 0.335 e. The third-order valence-corrected chi connectivity index (χ3v) is 19.9. The molecule has 12 saturated heterocycles. The molecule has 18 nitrogen and oxygen atoms in total. The molecule has 16 aliphatic rings. The van der Waals surface area contributed by atoms with Gasteiger partial charge in [0.25, 0.3) is 0 Å². The van der Waals surface area contributed by atoms with E-state index in [0.717, 1.165) is 75.3 Å². The van der Waals surface area contributed by atoms with Gasteiger partial charge in [0, 0.05) is 66.1 Å². The lowest BCUT2D eigenvalue weighted by molar-refractivity contribution is -0.158. The van der Waals surface area contributed by atoms with Crippen LogP contribution in [-0.2, 0) is 85.7 Å². The highest BCUT2D eigenvalue weighted by molar-refractivity contribution is 8.14. The summed E-state index contributed by atoms with van der Waals surface area (Å²) in [6, 6.07) is 0. The molecule has 16 atom stereocenters. The van der Waals surface area contributed by atoms with Gasteiger partial charge in [-0.3, -0.25) is 33.6 Å². The number of hydrogen-bond acceptors (Lipinski definition) is 20. The molecule has 0 aromatic carbocycles. The van der Waals surface area contributed by atoms with E-state index in [0.29, 0.717) is 104 Å². The summed E-state index contributed by atoms with van der Waals surface area (Å²) >= 11 is 3.11. The fourth-order valence-electron chi connectivity index (χ4n) is 13.1. The summed E-state index contributed by atoms with van der Waals surface area (Å²) in [4.78, 5) is 86.6. The average molecular weight is 1080 g/mol. The van der Waals surface area contributed by atoms with Crippen molar-refractivity contribution in [2.45, 2.75) is 147 Å². The zero-order chi connectivity index (χ0) is 51.6. The highest BCUT2D eigenvalue weighted by Crippen LogP contribution is 2.44. The zero-order valence-corrected chi connectivity index (χ0v) is 44.2. The Balaban J connectivity index is 0.000000104. The molecule has 4 aliphatic carbocycles. The van der Waals surface area contributed by atoms with E-state index in [4.69, 9.17) is 47.4 Å². The molecule has 74 heavy (non-hydrogen) atoms. The van der Waals surface area contributed by atoms with E-state index < -0.39 is 0 Å². The van der Waals surface area contributed by atoms with Crippen molar-refractivity contribution < 1.29 is 85.7 Å². The van der Waals surface area contributed by atoms with Crippen LogP contribution in [0.4, 0.5) is 0 Å². The molecular weight excluding hydrogens is 1000 g/mol. The third-order valence-electron chi connectivity index (χ3n) is 17.6.